The van der Waals surface area contributed by atoms with E-state index < -0.39 is 0 Å². The van der Waals surface area contributed by atoms with Crippen LogP contribution in [0, 0.1) is 0 Å². The molecule has 0 aliphatic carbocycles. The van der Waals surface area contributed by atoms with E-state index >= 15 is 0 Å². The first-order valence-corrected chi connectivity index (χ1v) is 8.81. The summed E-state index contributed by atoms with van der Waals surface area (Å²) < 4.78 is 0. The molecule has 1 amide bonds. The molecule has 1 aliphatic heterocycles. The molecule has 5 heteroatoms. The SMILES string of the molecule is CN(C)C1CCN(c2ccc(NC(=O)/C=C/c3cccc(O)c3)cc2)C1. The highest BCUT2D eigenvalue weighted by Crippen LogP contribution is 2.23. The zero-order chi connectivity index (χ0) is 18.5. The molecular weight excluding hydrogens is 326 g/mol. The fourth-order valence-electron chi connectivity index (χ4n) is 3.14. The lowest BCUT2D eigenvalue weighted by atomic mass is 10.2. The number of amides is 1. The smallest absolute Gasteiger partial charge is 0.248 e. The van der Waals surface area contributed by atoms with Crippen molar-refractivity contribution in [2.75, 3.05) is 37.4 Å². The fourth-order valence-corrected chi connectivity index (χ4v) is 3.14. The molecular formula is C21H25N3O2. The lowest BCUT2D eigenvalue weighted by molar-refractivity contribution is -0.111. The highest BCUT2D eigenvalue weighted by Gasteiger charge is 2.23. The van der Waals surface area contributed by atoms with Crippen molar-refractivity contribution in [3.8, 4) is 5.75 Å². The van der Waals surface area contributed by atoms with Gasteiger partial charge in [-0.05, 0) is 68.6 Å². The molecule has 1 heterocycles. The van der Waals surface area contributed by atoms with E-state index in [1.54, 1.807) is 24.3 Å². The first kappa shape index (κ1) is 18.0. The van der Waals surface area contributed by atoms with E-state index in [2.05, 4.69) is 29.2 Å². The Morgan fingerprint density at radius 1 is 1.23 bits per heavy atom. The Hall–Kier alpha value is -2.79. The summed E-state index contributed by atoms with van der Waals surface area (Å²) in [5.74, 6) is -0.0171. The lowest BCUT2D eigenvalue weighted by Gasteiger charge is -2.22. The molecule has 1 atom stereocenters. The quantitative estimate of drug-likeness (QED) is 0.813. The molecule has 2 aromatic carbocycles. The number of carbonyl (C=O) groups excluding carboxylic acids is 1. The first-order chi connectivity index (χ1) is 12.5. The van der Waals surface area contributed by atoms with Gasteiger partial charge in [0.2, 0.25) is 5.91 Å². The van der Waals surface area contributed by atoms with Crippen molar-refractivity contribution in [3.63, 3.8) is 0 Å². The van der Waals surface area contributed by atoms with Gasteiger partial charge in [0, 0.05) is 36.6 Å². The van der Waals surface area contributed by atoms with Gasteiger partial charge in [0.15, 0.2) is 0 Å². The third-order valence-corrected chi connectivity index (χ3v) is 4.69. The van der Waals surface area contributed by atoms with E-state index in [0.29, 0.717) is 6.04 Å². The van der Waals surface area contributed by atoms with Gasteiger partial charge in [-0.2, -0.15) is 0 Å². The van der Waals surface area contributed by atoms with Crippen molar-refractivity contribution < 1.29 is 9.90 Å². The number of rotatable bonds is 5. The Bertz CT molecular complexity index is 784. The van der Waals surface area contributed by atoms with Crippen LogP contribution in [0.25, 0.3) is 6.08 Å². The maximum atomic E-state index is 12.1. The van der Waals surface area contributed by atoms with Crippen LogP contribution in [0.15, 0.2) is 54.6 Å². The Kier molecular flexibility index (Phi) is 5.58. The molecule has 1 saturated heterocycles. The van der Waals surface area contributed by atoms with Gasteiger partial charge < -0.3 is 20.2 Å². The molecule has 136 valence electrons. The van der Waals surface area contributed by atoms with Crippen LogP contribution in [0.1, 0.15) is 12.0 Å². The van der Waals surface area contributed by atoms with Crippen LogP contribution in [0.5, 0.6) is 5.75 Å². The van der Waals surface area contributed by atoms with Crippen molar-refractivity contribution in [3.05, 3.63) is 60.2 Å². The van der Waals surface area contributed by atoms with Crippen LogP contribution in [0.3, 0.4) is 0 Å². The van der Waals surface area contributed by atoms with Crippen molar-refractivity contribution in [1.82, 2.24) is 4.90 Å². The van der Waals surface area contributed by atoms with Gasteiger partial charge in [0.05, 0.1) is 0 Å². The van der Waals surface area contributed by atoms with Crippen LogP contribution >= 0.6 is 0 Å². The standard InChI is InChI=1S/C21H25N3O2/c1-23(2)19-12-13-24(15-19)18-9-7-17(8-10-18)22-21(26)11-6-16-4-3-5-20(25)14-16/h3-11,14,19,25H,12-13,15H2,1-2H3,(H,22,26)/b11-6+. The molecule has 1 unspecified atom stereocenters. The summed E-state index contributed by atoms with van der Waals surface area (Å²) in [7, 11) is 4.24. The minimum absolute atomic E-state index is 0.182. The predicted octanol–water partition coefficient (Wildman–Crippen LogP) is 3.18. The number of phenols is 1. The molecule has 2 N–H and O–H groups in total. The number of nitrogens with zero attached hydrogens (tertiary/aromatic N) is 2. The maximum absolute atomic E-state index is 12.1. The molecule has 0 saturated carbocycles. The van der Waals surface area contributed by atoms with Gasteiger partial charge in [-0.3, -0.25) is 4.79 Å². The van der Waals surface area contributed by atoms with Gasteiger partial charge in [0.1, 0.15) is 5.75 Å². The second kappa shape index (κ2) is 8.06. The summed E-state index contributed by atoms with van der Waals surface area (Å²) in [4.78, 5) is 16.7. The molecule has 1 fully saturated rings. The Morgan fingerprint density at radius 2 is 2.00 bits per heavy atom. The van der Waals surface area contributed by atoms with Crippen LogP contribution in [-0.2, 0) is 4.79 Å². The zero-order valence-corrected chi connectivity index (χ0v) is 15.2. The number of benzene rings is 2. The van der Waals surface area contributed by atoms with Gasteiger partial charge in [-0.25, -0.2) is 0 Å². The number of aromatic hydroxyl groups is 1. The number of anilines is 2. The number of carbonyl (C=O) groups is 1. The molecule has 0 radical (unpaired) electrons. The van der Waals surface area contributed by atoms with Crippen molar-refractivity contribution in [2.45, 2.75) is 12.5 Å². The summed E-state index contributed by atoms with van der Waals surface area (Å²) in [6.07, 6.45) is 4.31. The van der Waals surface area contributed by atoms with Crippen LogP contribution < -0.4 is 10.2 Å². The molecule has 0 spiro atoms. The molecule has 0 aromatic heterocycles. The third kappa shape index (κ3) is 4.64. The molecule has 3 rings (SSSR count). The summed E-state index contributed by atoms with van der Waals surface area (Å²) >= 11 is 0. The van der Waals surface area contributed by atoms with Crippen molar-refractivity contribution in [1.29, 1.82) is 0 Å². The van der Waals surface area contributed by atoms with Crippen molar-refractivity contribution >= 4 is 23.4 Å². The average molecular weight is 351 g/mol. The van der Waals surface area contributed by atoms with E-state index in [0.717, 1.165) is 24.3 Å². The zero-order valence-electron chi connectivity index (χ0n) is 15.2. The number of hydrogen-bond acceptors (Lipinski definition) is 4. The number of phenolic OH excluding ortho intramolecular Hbond substituents is 1. The average Bonchev–Trinajstić information content (AvgIpc) is 3.11. The van der Waals surface area contributed by atoms with Gasteiger partial charge in [-0.15, -0.1) is 0 Å². The van der Waals surface area contributed by atoms with E-state index in [9.17, 15) is 9.90 Å². The second-order valence-corrected chi connectivity index (χ2v) is 6.82. The monoisotopic (exact) mass is 351 g/mol. The largest absolute Gasteiger partial charge is 0.508 e. The molecule has 26 heavy (non-hydrogen) atoms. The van der Waals surface area contributed by atoms with Crippen molar-refractivity contribution in [2.24, 2.45) is 0 Å². The maximum Gasteiger partial charge on any atom is 0.248 e. The van der Waals surface area contributed by atoms with Crippen LogP contribution in [-0.4, -0.2) is 49.1 Å². The lowest BCUT2D eigenvalue weighted by Crippen LogP contribution is -2.31. The minimum atomic E-state index is -0.199. The topological polar surface area (TPSA) is 55.8 Å². The fraction of sp³-hybridized carbons (Fsp3) is 0.286. The van der Waals surface area contributed by atoms with Gasteiger partial charge in [-0.1, -0.05) is 12.1 Å². The summed E-state index contributed by atoms with van der Waals surface area (Å²) in [6.45, 7) is 2.09. The number of likely N-dealkylation sites (N-methyl/N-ethyl adjacent to an activating group) is 1. The molecule has 0 bridgehead atoms. The molecule has 2 aromatic rings. The minimum Gasteiger partial charge on any atom is -0.508 e. The summed E-state index contributed by atoms with van der Waals surface area (Å²) in [5.41, 5.74) is 2.73. The summed E-state index contributed by atoms with van der Waals surface area (Å²) in [6, 6.07) is 15.3. The second-order valence-electron chi connectivity index (χ2n) is 6.82. The first-order valence-electron chi connectivity index (χ1n) is 8.81. The van der Waals surface area contributed by atoms with E-state index in [4.69, 9.17) is 0 Å². The number of nitrogens with one attached hydrogen (secondary N) is 1. The number of hydrogen-bond donors (Lipinski definition) is 2. The summed E-state index contributed by atoms with van der Waals surface area (Å²) in [5, 5.41) is 12.3. The van der Waals surface area contributed by atoms with Crippen LogP contribution in [0.2, 0.25) is 0 Å². The van der Waals surface area contributed by atoms with Gasteiger partial charge >= 0.3 is 0 Å². The highest BCUT2D eigenvalue weighted by molar-refractivity contribution is 6.02. The molecule has 5 nitrogen and oxygen atoms in total. The van der Waals surface area contributed by atoms with E-state index in [1.807, 2.05) is 30.3 Å². The highest BCUT2D eigenvalue weighted by atomic mass is 16.3. The van der Waals surface area contributed by atoms with E-state index in [1.165, 1.54) is 18.2 Å². The Morgan fingerprint density at radius 3 is 2.65 bits per heavy atom. The Labute approximate surface area is 154 Å². The van der Waals surface area contributed by atoms with Gasteiger partial charge in [0.25, 0.3) is 0 Å². The molecule has 1 aliphatic rings. The Balaban J connectivity index is 1.56. The predicted molar refractivity (Wildman–Crippen MR) is 107 cm³/mol. The third-order valence-electron chi connectivity index (χ3n) is 4.69. The van der Waals surface area contributed by atoms with E-state index in [-0.39, 0.29) is 11.7 Å². The van der Waals surface area contributed by atoms with Crippen LogP contribution in [0.4, 0.5) is 11.4 Å². The normalized spacial score (nSPS) is 17.2.